The van der Waals surface area contributed by atoms with Crippen molar-refractivity contribution in [3.8, 4) is 5.75 Å². The Kier molecular flexibility index (Phi) is 5.39. The van der Waals surface area contributed by atoms with E-state index in [2.05, 4.69) is 0 Å². The molecular weight excluding hydrogens is 356 g/mol. The smallest absolute Gasteiger partial charge is 0.336 e. The quantitative estimate of drug-likeness (QED) is 0.382. The Morgan fingerprint density at radius 1 is 1.15 bits per heavy atom. The third-order valence-corrected chi connectivity index (χ3v) is 3.94. The summed E-state index contributed by atoms with van der Waals surface area (Å²) in [6, 6.07) is 13.5. The maximum Gasteiger partial charge on any atom is 0.336 e. The minimum Gasteiger partial charge on any atom is -0.497 e. The summed E-state index contributed by atoms with van der Waals surface area (Å²) in [7, 11) is 1.53. The molecule has 3 aromatic rings. The zero-order chi connectivity index (χ0) is 18.5. The van der Waals surface area contributed by atoms with E-state index < -0.39 is 11.6 Å². The standard InChI is InChI=1S/C20H15ClO5/c1-24-16-7-8-17-14(10-20(23)26-18(17)11-16)12-25-19(22)9-4-13-2-5-15(21)6-3-13/h2-11H,12H2,1H3. The Hall–Kier alpha value is -3.05. The van der Waals surface area contributed by atoms with Crippen molar-refractivity contribution >= 4 is 34.6 Å². The van der Waals surface area contributed by atoms with E-state index in [0.717, 1.165) is 5.56 Å². The number of benzene rings is 2. The van der Waals surface area contributed by atoms with Crippen LogP contribution in [-0.4, -0.2) is 13.1 Å². The number of fused-ring (bicyclic) bond motifs is 1. The number of hydrogen-bond donors (Lipinski definition) is 0. The number of carbonyl (C=O) groups excluding carboxylic acids is 1. The molecule has 132 valence electrons. The van der Waals surface area contributed by atoms with Crippen molar-refractivity contribution in [1.29, 1.82) is 0 Å². The van der Waals surface area contributed by atoms with Gasteiger partial charge in [-0.25, -0.2) is 9.59 Å². The minimum absolute atomic E-state index is 0.0434. The predicted molar refractivity (Wildman–Crippen MR) is 99.3 cm³/mol. The molecule has 3 rings (SSSR count). The molecule has 26 heavy (non-hydrogen) atoms. The first-order valence-electron chi connectivity index (χ1n) is 7.76. The number of carbonyl (C=O) groups is 1. The summed E-state index contributed by atoms with van der Waals surface area (Å²) in [5, 5.41) is 1.30. The van der Waals surface area contributed by atoms with Gasteiger partial charge in [0.1, 0.15) is 17.9 Å². The molecule has 0 fully saturated rings. The van der Waals surface area contributed by atoms with Crippen LogP contribution >= 0.6 is 11.6 Å². The Morgan fingerprint density at radius 3 is 2.65 bits per heavy atom. The van der Waals surface area contributed by atoms with Gasteiger partial charge >= 0.3 is 11.6 Å². The minimum atomic E-state index is -0.520. The molecule has 0 aliphatic carbocycles. The van der Waals surface area contributed by atoms with Crippen LogP contribution in [0.2, 0.25) is 5.02 Å². The van der Waals surface area contributed by atoms with Crippen LogP contribution in [0.25, 0.3) is 17.0 Å². The summed E-state index contributed by atoms with van der Waals surface area (Å²) in [5.41, 5.74) is 1.24. The number of ether oxygens (including phenoxy) is 2. The Morgan fingerprint density at radius 2 is 1.92 bits per heavy atom. The second kappa shape index (κ2) is 7.89. The molecule has 0 amide bonds. The van der Waals surface area contributed by atoms with Crippen molar-refractivity contribution in [3.63, 3.8) is 0 Å². The van der Waals surface area contributed by atoms with Gasteiger partial charge in [-0.2, -0.15) is 0 Å². The third kappa shape index (κ3) is 4.32. The molecule has 5 nitrogen and oxygen atoms in total. The molecule has 6 heteroatoms. The number of rotatable bonds is 5. The van der Waals surface area contributed by atoms with Gasteiger partial charge in [0.05, 0.1) is 7.11 Å². The van der Waals surface area contributed by atoms with Gasteiger partial charge in [0, 0.05) is 34.2 Å². The van der Waals surface area contributed by atoms with Crippen LogP contribution in [0.1, 0.15) is 11.1 Å². The van der Waals surface area contributed by atoms with Gasteiger partial charge in [-0.05, 0) is 35.9 Å². The fourth-order valence-corrected chi connectivity index (χ4v) is 2.52. The van der Waals surface area contributed by atoms with Gasteiger partial charge in [0.15, 0.2) is 0 Å². The fourth-order valence-electron chi connectivity index (χ4n) is 2.39. The lowest BCUT2D eigenvalue weighted by molar-refractivity contribution is -0.138. The van der Waals surface area contributed by atoms with Crippen LogP contribution in [0.15, 0.2) is 63.8 Å². The van der Waals surface area contributed by atoms with Crippen LogP contribution in [0.3, 0.4) is 0 Å². The molecule has 0 aliphatic rings. The highest BCUT2D eigenvalue weighted by Crippen LogP contribution is 2.23. The first kappa shape index (κ1) is 17.8. The number of hydrogen-bond acceptors (Lipinski definition) is 5. The molecule has 0 aliphatic heterocycles. The topological polar surface area (TPSA) is 65.7 Å². The SMILES string of the molecule is COc1ccc2c(COC(=O)C=Cc3ccc(Cl)cc3)cc(=O)oc2c1. The summed E-state index contributed by atoms with van der Waals surface area (Å²) in [6.07, 6.45) is 2.95. The molecule has 0 radical (unpaired) electrons. The maximum atomic E-state index is 11.9. The first-order chi connectivity index (χ1) is 12.5. The van der Waals surface area contributed by atoms with E-state index in [1.54, 1.807) is 48.5 Å². The fraction of sp³-hybridized carbons (Fsp3) is 0.100. The van der Waals surface area contributed by atoms with Crippen molar-refractivity contribution < 1.29 is 18.7 Å². The molecule has 2 aromatic carbocycles. The number of esters is 1. The van der Waals surface area contributed by atoms with E-state index in [9.17, 15) is 9.59 Å². The maximum absolute atomic E-state index is 11.9. The molecule has 0 N–H and O–H groups in total. The lowest BCUT2D eigenvalue weighted by Crippen LogP contribution is -2.05. The van der Waals surface area contributed by atoms with E-state index in [1.807, 2.05) is 0 Å². The highest BCUT2D eigenvalue weighted by molar-refractivity contribution is 6.30. The zero-order valence-electron chi connectivity index (χ0n) is 13.9. The molecule has 0 atom stereocenters. The molecular formula is C20H15ClO5. The second-order valence-corrected chi connectivity index (χ2v) is 5.88. The second-order valence-electron chi connectivity index (χ2n) is 5.45. The number of halogens is 1. The summed E-state index contributed by atoms with van der Waals surface area (Å²) in [5.74, 6) is 0.0514. The van der Waals surface area contributed by atoms with E-state index in [0.29, 0.717) is 27.3 Å². The van der Waals surface area contributed by atoms with Gasteiger partial charge in [-0.15, -0.1) is 0 Å². The van der Waals surface area contributed by atoms with E-state index >= 15 is 0 Å². The predicted octanol–water partition coefficient (Wildman–Crippen LogP) is 4.21. The van der Waals surface area contributed by atoms with Gasteiger partial charge in [0.2, 0.25) is 0 Å². The highest BCUT2D eigenvalue weighted by Gasteiger charge is 2.09. The summed E-state index contributed by atoms with van der Waals surface area (Å²) >= 11 is 5.81. The van der Waals surface area contributed by atoms with Crippen molar-refractivity contribution in [1.82, 2.24) is 0 Å². The van der Waals surface area contributed by atoms with E-state index in [-0.39, 0.29) is 6.61 Å². The molecule has 0 saturated heterocycles. The van der Waals surface area contributed by atoms with Gasteiger partial charge < -0.3 is 13.9 Å². The van der Waals surface area contributed by atoms with Gasteiger partial charge in [0.25, 0.3) is 0 Å². The first-order valence-corrected chi connectivity index (χ1v) is 8.14. The van der Waals surface area contributed by atoms with Crippen molar-refractivity contribution in [2.24, 2.45) is 0 Å². The van der Waals surface area contributed by atoms with Crippen LogP contribution in [-0.2, 0) is 16.1 Å². The third-order valence-electron chi connectivity index (χ3n) is 3.69. The number of methoxy groups -OCH3 is 1. The lowest BCUT2D eigenvalue weighted by Gasteiger charge is -2.07. The molecule has 0 bridgehead atoms. The zero-order valence-corrected chi connectivity index (χ0v) is 14.7. The van der Waals surface area contributed by atoms with Crippen LogP contribution < -0.4 is 10.4 Å². The van der Waals surface area contributed by atoms with Crippen molar-refractivity contribution in [2.75, 3.05) is 7.11 Å². The Bertz CT molecular complexity index is 1020. The van der Waals surface area contributed by atoms with Crippen LogP contribution in [0.4, 0.5) is 0 Å². The average molecular weight is 371 g/mol. The van der Waals surface area contributed by atoms with E-state index in [1.165, 1.54) is 19.3 Å². The van der Waals surface area contributed by atoms with Crippen LogP contribution in [0, 0.1) is 0 Å². The lowest BCUT2D eigenvalue weighted by atomic mass is 10.1. The van der Waals surface area contributed by atoms with Crippen molar-refractivity contribution in [3.05, 3.63) is 81.2 Å². The largest absolute Gasteiger partial charge is 0.497 e. The Balaban J connectivity index is 1.73. The summed E-state index contributed by atoms with van der Waals surface area (Å²) in [6.45, 7) is -0.0434. The normalized spacial score (nSPS) is 11.0. The molecule has 0 saturated carbocycles. The summed E-state index contributed by atoms with van der Waals surface area (Å²) < 4.78 is 15.5. The molecule has 0 unspecified atom stereocenters. The Labute approximate surface area is 154 Å². The van der Waals surface area contributed by atoms with Crippen LogP contribution in [0.5, 0.6) is 5.75 Å². The summed E-state index contributed by atoms with van der Waals surface area (Å²) in [4.78, 5) is 23.6. The average Bonchev–Trinajstić information content (AvgIpc) is 2.64. The van der Waals surface area contributed by atoms with Gasteiger partial charge in [-0.1, -0.05) is 23.7 Å². The van der Waals surface area contributed by atoms with Crippen molar-refractivity contribution in [2.45, 2.75) is 6.61 Å². The molecule has 1 aromatic heterocycles. The van der Waals surface area contributed by atoms with Gasteiger partial charge in [-0.3, -0.25) is 0 Å². The monoisotopic (exact) mass is 370 g/mol. The highest BCUT2D eigenvalue weighted by atomic mass is 35.5. The molecule has 1 heterocycles. The molecule has 0 spiro atoms. The van der Waals surface area contributed by atoms with E-state index in [4.69, 9.17) is 25.5 Å².